The summed E-state index contributed by atoms with van der Waals surface area (Å²) < 4.78 is 0. The van der Waals surface area contributed by atoms with Crippen LogP contribution in [0.3, 0.4) is 0 Å². The smallest absolute Gasteiger partial charge is 0.254 e. The summed E-state index contributed by atoms with van der Waals surface area (Å²) >= 11 is 0. The maximum absolute atomic E-state index is 12.4. The molecule has 0 saturated carbocycles. The number of nitrogens with zero attached hydrogens (tertiary/aromatic N) is 2. The zero-order valence-electron chi connectivity index (χ0n) is 13.6. The fourth-order valence-electron chi connectivity index (χ4n) is 2.59. The first-order chi connectivity index (χ1) is 11.6. The lowest BCUT2D eigenvalue weighted by Crippen LogP contribution is -2.49. The minimum absolute atomic E-state index is 0.107. The van der Waals surface area contributed by atoms with Crippen molar-refractivity contribution in [2.75, 3.05) is 25.0 Å². The van der Waals surface area contributed by atoms with Gasteiger partial charge in [-0.1, -0.05) is 18.2 Å². The van der Waals surface area contributed by atoms with Crippen LogP contribution in [0.25, 0.3) is 0 Å². The summed E-state index contributed by atoms with van der Waals surface area (Å²) in [6.45, 7) is 3.77. The second-order valence-corrected chi connectivity index (χ2v) is 5.79. The van der Waals surface area contributed by atoms with Crippen molar-refractivity contribution in [1.29, 1.82) is 0 Å². The van der Waals surface area contributed by atoms with Crippen LogP contribution < -0.4 is 10.6 Å². The van der Waals surface area contributed by atoms with Crippen LogP contribution in [0.2, 0.25) is 0 Å². The molecule has 0 radical (unpaired) electrons. The summed E-state index contributed by atoms with van der Waals surface area (Å²) in [6, 6.07) is 13.3. The van der Waals surface area contributed by atoms with Crippen molar-refractivity contribution in [3.05, 3.63) is 59.3 Å². The van der Waals surface area contributed by atoms with Crippen LogP contribution in [-0.4, -0.2) is 41.3 Å². The minimum atomic E-state index is -0.110. The van der Waals surface area contributed by atoms with Gasteiger partial charge in [-0.25, -0.2) is 4.98 Å². The van der Waals surface area contributed by atoms with Crippen LogP contribution in [0.5, 0.6) is 0 Å². The second-order valence-electron chi connectivity index (χ2n) is 5.79. The molecule has 2 amide bonds. The Balaban J connectivity index is 1.60. The summed E-state index contributed by atoms with van der Waals surface area (Å²) in [5, 5.41) is 5.98. The Labute approximate surface area is 140 Å². The van der Waals surface area contributed by atoms with E-state index in [2.05, 4.69) is 15.6 Å². The highest BCUT2D eigenvalue weighted by atomic mass is 16.2. The van der Waals surface area contributed by atoms with Crippen molar-refractivity contribution in [2.45, 2.75) is 13.5 Å². The number of carbonyl (C=O) groups excluding carboxylic acids is 2. The quantitative estimate of drug-likeness (QED) is 0.895. The van der Waals surface area contributed by atoms with E-state index < -0.39 is 0 Å². The van der Waals surface area contributed by atoms with E-state index >= 15 is 0 Å². The minimum Gasteiger partial charge on any atom is -0.366 e. The van der Waals surface area contributed by atoms with Crippen LogP contribution in [-0.2, 0) is 11.3 Å². The lowest BCUT2D eigenvalue weighted by molar-refractivity contribution is -0.123. The lowest BCUT2D eigenvalue weighted by atomic mass is 10.1. The molecule has 2 heterocycles. The van der Waals surface area contributed by atoms with Gasteiger partial charge in [0, 0.05) is 30.9 Å². The standard InChI is InChI=1S/C18H20N4O2/c1-13-3-2-4-16(21-13)20-11-14-5-7-15(8-6-14)18(24)22-10-9-19-17(23)12-22/h2-8H,9-12H2,1H3,(H,19,23)(H,20,21). The highest BCUT2D eigenvalue weighted by Gasteiger charge is 2.21. The summed E-state index contributed by atoms with van der Waals surface area (Å²) in [5.74, 6) is 0.611. The number of hydrogen-bond acceptors (Lipinski definition) is 4. The molecule has 1 saturated heterocycles. The molecule has 0 atom stereocenters. The van der Waals surface area contributed by atoms with Gasteiger partial charge in [0.2, 0.25) is 5.91 Å². The predicted octanol–water partition coefficient (Wildman–Crippen LogP) is 1.57. The van der Waals surface area contributed by atoms with Crippen molar-refractivity contribution in [2.24, 2.45) is 0 Å². The van der Waals surface area contributed by atoms with Crippen LogP contribution >= 0.6 is 0 Å². The number of nitrogens with one attached hydrogen (secondary N) is 2. The first-order valence-electron chi connectivity index (χ1n) is 7.94. The third-order valence-electron chi connectivity index (χ3n) is 3.89. The van der Waals surface area contributed by atoms with E-state index in [0.717, 1.165) is 17.1 Å². The first kappa shape index (κ1) is 16.0. The van der Waals surface area contributed by atoms with E-state index in [4.69, 9.17) is 0 Å². The number of piperazine rings is 1. The van der Waals surface area contributed by atoms with Gasteiger partial charge >= 0.3 is 0 Å². The molecule has 0 spiro atoms. The van der Waals surface area contributed by atoms with Crippen LogP contribution in [0.4, 0.5) is 5.82 Å². The van der Waals surface area contributed by atoms with Crippen molar-refractivity contribution in [3.63, 3.8) is 0 Å². The number of aryl methyl sites for hydroxylation is 1. The third-order valence-corrected chi connectivity index (χ3v) is 3.89. The van der Waals surface area contributed by atoms with E-state index in [9.17, 15) is 9.59 Å². The van der Waals surface area contributed by atoms with Gasteiger partial charge in [0.1, 0.15) is 5.82 Å². The lowest BCUT2D eigenvalue weighted by Gasteiger charge is -2.26. The SMILES string of the molecule is Cc1cccc(NCc2ccc(C(=O)N3CCNC(=O)C3)cc2)n1. The highest BCUT2D eigenvalue weighted by Crippen LogP contribution is 2.11. The van der Waals surface area contributed by atoms with Crippen molar-refractivity contribution >= 4 is 17.6 Å². The molecule has 1 aromatic carbocycles. The van der Waals surface area contributed by atoms with E-state index in [0.29, 0.717) is 25.2 Å². The Kier molecular flexibility index (Phi) is 4.74. The Morgan fingerprint density at radius 2 is 2.04 bits per heavy atom. The molecule has 1 aliphatic rings. The van der Waals surface area contributed by atoms with Crippen LogP contribution in [0.1, 0.15) is 21.6 Å². The molecule has 3 rings (SSSR count). The molecule has 0 bridgehead atoms. The Bertz CT molecular complexity index is 743. The summed E-state index contributed by atoms with van der Waals surface area (Å²) in [5.41, 5.74) is 2.62. The molecule has 2 aromatic rings. The average molecular weight is 324 g/mol. The zero-order chi connectivity index (χ0) is 16.9. The molecule has 124 valence electrons. The number of benzene rings is 1. The monoisotopic (exact) mass is 324 g/mol. The van der Waals surface area contributed by atoms with Crippen LogP contribution in [0.15, 0.2) is 42.5 Å². The third kappa shape index (κ3) is 3.90. The van der Waals surface area contributed by atoms with Crippen molar-refractivity contribution in [3.8, 4) is 0 Å². The van der Waals surface area contributed by atoms with Crippen LogP contribution in [0, 0.1) is 6.92 Å². The fourth-order valence-corrected chi connectivity index (χ4v) is 2.59. The number of aromatic nitrogens is 1. The average Bonchev–Trinajstić information content (AvgIpc) is 2.60. The molecule has 0 aliphatic carbocycles. The van der Waals surface area contributed by atoms with Crippen molar-refractivity contribution < 1.29 is 9.59 Å². The van der Waals surface area contributed by atoms with Gasteiger partial charge in [-0.15, -0.1) is 0 Å². The van der Waals surface area contributed by atoms with Gasteiger partial charge in [-0.05, 0) is 36.8 Å². The van der Waals surface area contributed by atoms with Gasteiger partial charge < -0.3 is 15.5 Å². The number of rotatable bonds is 4. The molecule has 6 nitrogen and oxygen atoms in total. The van der Waals surface area contributed by atoms with E-state index in [1.54, 1.807) is 17.0 Å². The topological polar surface area (TPSA) is 74.3 Å². The molecule has 1 fully saturated rings. The normalized spacial score (nSPS) is 14.2. The summed E-state index contributed by atoms with van der Waals surface area (Å²) in [6.07, 6.45) is 0. The molecule has 1 aliphatic heterocycles. The molecule has 6 heteroatoms. The molecule has 2 N–H and O–H groups in total. The van der Waals surface area contributed by atoms with E-state index in [-0.39, 0.29) is 18.4 Å². The van der Waals surface area contributed by atoms with E-state index in [1.165, 1.54) is 0 Å². The molecule has 1 aromatic heterocycles. The zero-order valence-corrected chi connectivity index (χ0v) is 13.6. The van der Waals surface area contributed by atoms with Gasteiger partial charge in [-0.3, -0.25) is 9.59 Å². The maximum atomic E-state index is 12.4. The number of anilines is 1. The number of pyridine rings is 1. The molecular weight excluding hydrogens is 304 g/mol. The highest BCUT2D eigenvalue weighted by molar-refractivity contribution is 5.97. The predicted molar refractivity (Wildman–Crippen MR) is 91.7 cm³/mol. The molecule has 0 unspecified atom stereocenters. The largest absolute Gasteiger partial charge is 0.366 e. The molecule has 24 heavy (non-hydrogen) atoms. The van der Waals surface area contributed by atoms with Gasteiger partial charge in [0.15, 0.2) is 0 Å². The van der Waals surface area contributed by atoms with E-state index in [1.807, 2.05) is 37.3 Å². The fraction of sp³-hybridized carbons (Fsp3) is 0.278. The van der Waals surface area contributed by atoms with Crippen molar-refractivity contribution in [1.82, 2.24) is 15.2 Å². The first-order valence-corrected chi connectivity index (χ1v) is 7.94. The molecular formula is C18H20N4O2. The Morgan fingerprint density at radius 3 is 2.75 bits per heavy atom. The number of hydrogen-bond donors (Lipinski definition) is 2. The Hall–Kier alpha value is -2.89. The Morgan fingerprint density at radius 1 is 1.25 bits per heavy atom. The van der Waals surface area contributed by atoms with Gasteiger partial charge in [-0.2, -0.15) is 0 Å². The van der Waals surface area contributed by atoms with Gasteiger partial charge in [0.05, 0.1) is 6.54 Å². The number of amides is 2. The number of carbonyl (C=O) groups is 2. The summed E-state index contributed by atoms with van der Waals surface area (Å²) in [7, 11) is 0. The second kappa shape index (κ2) is 7.12. The van der Waals surface area contributed by atoms with Gasteiger partial charge in [0.25, 0.3) is 5.91 Å². The summed E-state index contributed by atoms with van der Waals surface area (Å²) in [4.78, 5) is 29.7. The maximum Gasteiger partial charge on any atom is 0.254 e.